The van der Waals surface area contributed by atoms with E-state index in [1.807, 2.05) is 0 Å². The number of hydrogen-bond donors (Lipinski definition) is 3. The van der Waals surface area contributed by atoms with Gasteiger partial charge in [-0.05, 0) is 43.7 Å². The first-order valence-electron chi connectivity index (χ1n) is 8.24. The number of hydrogen-bond acceptors (Lipinski definition) is 4. The molecule has 138 valence electrons. The third-order valence-corrected chi connectivity index (χ3v) is 3.28. The van der Waals surface area contributed by atoms with Gasteiger partial charge in [0.15, 0.2) is 0 Å². The molecule has 0 fully saturated rings. The summed E-state index contributed by atoms with van der Waals surface area (Å²) < 4.78 is 18.5. The Morgan fingerprint density at radius 2 is 1.85 bits per heavy atom. The van der Waals surface area contributed by atoms with E-state index in [2.05, 4.69) is 16.0 Å². The summed E-state index contributed by atoms with van der Waals surface area (Å²) >= 11 is 0. The lowest BCUT2D eigenvalue weighted by molar-refractivity contribution is -0.118. The number of nitrogens with one attached hydrogen (secondary N) is 3. The van der Waals surface area contributed by atoms with E-state index in [-0.39, 0.29) is 18.4 Å². The maximum atomic E-state index is 12.9. The number of rotatable bonds is 7. The summed E-state index contributed by atoms with van der Waals surface area (Å²) in [6, 6.07) is 12.6. The first-order chi connectivity index (χ1) is 12.4. The molecular formula is C19H22FN3O3. The van der Waals surface area contributed by atoms with E-state index in [4.69, 9.17) is 4.74 Å². The van der Waals surface area contributed by atoms with Crippen molar-refractivity contribution in [2.45, 2.75) is 26.5 Å². The maximum absolute atomic E-state index is 12.9. The summed E-state index contributed by atoms with van der Waals surface area (Å²) in [6.07, 6.45) is 0. The topological polar surface area (TPSA) is 79.5 Å². The molecule has 0 bridgehead atoms. The quantitative estimate of drug-likeness (QED) is 0.710. The van der Waals surface area contributed by atoms with Crippen LogP contribution in [0.2, 0.25) is 0 Å². The predicted molar refractivity (Wildman–Crippen MR) is 97.5 cm³/mol. The molecule has 0 aliphatic heterocycles. The highest BCUT2D eigenvalue weighted by Crippen LogP contribution is 2.18. The average molecular weight is 359 g/mol. The number of benzene rings is 2. The molecule has 2 aromatic carbocycles. The van der Waals surface area contributed by atoms with Crippen LogP contribution in [-0.2, 0) is 11.4 Å². The number of amides is 3. The highest BCUT2D eigenvalue weighted by atomic mass is 19.1. The van der Waals surface area contributed by atoms with E-state index in [9.17, 15) is 14.0 Å². The second kappa shape index (κ2) is 9.41. The zero-order valence-corrected chi connectivity index (χ0v) is 14.7. The molecule has 0 aromatic heterocycles. The number of urea groups is 1. The molecule has 0 atom stereocenters. The van der Waals surface area contributed by atoms with Gasteiger partial charge in [0.1, 0.15) is 18.2 Å². The van der Waals surface area contributed by atoms with E-state index in [1.165, 1.54) is 12.1 Å². The highest BCUT2D eigenvalue weighted by molar-refractivity contribution is 5.96. The van der Waals surface area contributed by atoms with Crippen molar-refractivity contribution in [3.63, 3.8) is 0 Å². The summed E-state index contributed by atoms with van der Waals surface area (Å²) in [7, 11) is 0. The number of ether oxygens (including phenoxy) is 1. The Balaban J connectivity index is 1.81. The van der Waals surface area contributed by atoms with Gasteiger partial charge in [-0.2, -0.15) is 0 Å². The minimum absolute atomic E-state index is 0.0487. The summed E-state index contributed by atoms with van der Waals surface area (Å²) in [4.78, 5) is 23.2. The van der Waals surface area contributed by atoms with Crippen molar-refractivity contribution in [1.29, 1.82) is 0 Å². The number of imide groups is 1. The van der Waals surface area contributed by atoms with Crippen molar-refractivity contribution < 1.29 is 18.7 Å². The van der Waals surface area contributed by atoms with Gasteiger partial charge in [0.25, 0.3) is 0 Å². The predicted octanol–water partition coefficient (Wildman–Crippen LogP) is 3.05. The molecule has 0 radical (unpaired) electrons. The third-order valence-electron chi connectivity index (χ3n) is 3.28. The van der Waals surface area contributed by atoms with Crippen LogP contribution in [0.4, 0.5) is 14.9 Å². The fourth-order valence-electron chi connectivity index (χ4n) is 2.09. The number of anilines is 1. The zero-order valence-electron chi connectivity index (χ0n) is 14.7. The average Bonchev–Trinajstić information content (AvgIpc) is 2.59. The monoisotopic (exact) mass is 359 g/mol. The Morgan fingerprint density at radius 3 is 2.54 bits per heavy atom. The van der Waals surface area contributed by atoms with E-state index < -0.39 is 11.9 Å². The molecule has 0 spiro atoms. The lowest BCUT2D eigenvalue weighted by atomic mass is 10.2. The maximum Gasteiger partial charge on any atom is 0.321 e. The van der Waals surface area contributed by atoms with Crippen LogP contribution < -0.4 is 20.7 Å². The first kappa shape index (κ1) is 19.2. The van der Waals surface area contributed by atoms with Crippen molar-refractivity contribution in [3.8, 4) is 5.75 Å². The Hall–Kier alpha value is -3.09. The summed E-state index contributed by atoms with van der Waals surface area (Å²) in [5.41, 5.74) is 1.53. The van der Waals surface area contributed by atoms with Gasteiger partial charge in [-0.25, -0.2) is 9.18 Å². The lowest BCUT2D eigenvalue weighted by Crippen LogP contribution is -2.44. The van der Waals surface area contributed by atoms with E-state index >= 15 is 0 Å². The summed E-state index contributed by atoms with van der Waals surface area (Å²) in [6.45, 7) is 3.87. The molecule has 7 heteroatoms. The molecule has 0 aliphatic rings. The standard InChI is InChI=1S/C19H22FN3O3/c1-13(2)22-19(25)23-18(24)11-21-16-4-3-5-17(10-16)26-12-14-6-8-15(20)9-7-14/h3-10,13,21H,11-12H2,1-2H3,(H2,22,23,24,25). The molecule has 0 heterocycles. The lowest BCUT2D eigenvalue weighted by Gasteiger charge is -2.11. The van der Waals surface area contributed by atoms with E-state index in [0.717, 1.165) is 5.56 Å². The SMILES string of the molecule is CC(C)NC(=O)NC(=O)CNc1cccc(OCc2ccc(F)cc2)c1. The molecule has 2 aromatic rings. The fraction of sp³-hybridized carbons (Fsp3) is 0.263. The van der Waals surface area contributed by atoms with Gasteiger partial charge in [0.2, 0.25) is 5.91 Å². The van der Waals surface area contributed by atoms with Crippen molar-refractivity contribution in [3.05, 3.63) is 59.9 Å². The Labute approximate surface area is 151 Å². The van der Waals surface area contributed by atoms with Crippen molar-refractivity contribution >= 4 is 17.6 Å². The van der Waals surface area contributed by atoms with Crippen LogP contribution in [0.15, 0.2) is 48.5 Å². The Kier molecular flexibility index (Phi) is 6.96. The third kappa shape index (κ3) is 6.80. The Morgan fingerprint density at radius 1 is 1.12 bits per heavy atom. The van der Waals surface area contributed by atoms with Crippen LogP contribution in [-0.4, -0.2) is 24.5 Å². The van der Waals surface area contributed by atoms with Crippen LogP contribution in [0.5, 0.6) is 5.75 Å². The molecule has 0 unspecified atom stereocenters. The van der Waals surface area contributed by atoms with Gasteiger partial charge in [0.05, 0.1) is 6.54 Å². The minimum Gasteiger partial charge on any atom is -0.489 e. The number of carbonyl (C=O) groups is 2. The van der Waals surface area contributed by atoms with Gasteiger partial charge < -0.3 is 15.4 Å². The second-order valence-corrected chi connectivity index (χ2v) is 5.97. The van der Waals surface area contributed by atoms with Gasteiger partial charge in [-0.3, -0.25) is 10.1 Å². The Bertz CT molecular complexity index is 748. The molecule has 0 saturated carbocycles. The van der Waals surface area contributed by atoms with Gasteiger partial charge in [0, 0.05) is 17.8 Å². The molecule has 3 amide bonds. The van der Waals surface area contributed by atoms with Gasteiger partial charge in [-0.15, -0.1) is 0 Å². The molecular weight excluding hydrogens is 337 g/mol. The zero-order chi connectivity index (χ0) is 18.9. The number of halogens is 1. The van der Waals surface area contributed by atoms with Gasteiger partial charge in [-0.1, -0.05) is 18.2 Å². The van der Waals surface area contributed by atoms with Crippen LogP contribution in [0.1, 0.15) is 19.4 Å². The normalized spacial score (nSPS) is 10.3. The second-order valence-electron chi connectivity index (χ2n) is 5.97. The van der Waals surface area contributed by atoms with Gasteiger partial charge >= 0.3 is 6.03 Å². The molecule has 0 saturated heterocycles. The van der Waals surface area contributed by atoms with Crippen molar-refractivity contribution in [1.82, 2.24) is 10.6 Å². The smallest absolute Gasteiger partial charge is 0.321 e. The summed E-state index contributed by atoms with van der Waals surface area (Å²) in [5.74, 6) is -0.127. The molecule has 3 N–H and O–H groups in total. The van der Waals surface area contributed by atoms with Crippen LogP contribution >= 0.6 is 0 Å². The largest absolute Gasteiger partial charge is 0.489 e. The van der Waals surface area contributed by atoms with Crippen LogP contribution in [0.25, 0.3) is 0 Å². The number of carbonyl (C=O) groups excluding carboxylic acids is 2. The highest BCUT2D eigenvalue weighted by Gasteiger charge is 2.08. The van der Waals surface area contributed by atoms with E-state index in [0.29, 0.717) is 18.0 Å². The summed E-state index contributed by atoms with van der Waals surface area (Å²) in [5, 5.41) is 7.74. The minimum atomic E-state index is -0.525. The molecule has 2 rings (SSSR count). The van der Waals surface area contributed by atoms with Crippen LogP contribution in [0.3, 0.4) is 0 Å². The van der Waals surface area contributed by atoms with Crippen molar-refractivity contribution in [2.24, 2.45) is 0 Å². The molecule has 6 nitrogen and oxygen atoms in total. The van der Waals surface area contributed by atoms with Crippen molar-refractivity contribution in [2.75, 3.05) is 11.9 Å². The first-order valence-corrected chi connectivity index (χ1v) is 8.24. The van der Waals surface area contributed by atoms with E-state index in [1.54, 1.807) is 50.2 Å². The fourth-order valence-corrected chi connectivity index (χ4v) is 2.09. The molecule has 26 heavy (non-hydrogen) atoms. The van der Waals surface area contributed by atoms with Crippen LogP contribution in [0, 0.1) is 5.82 Å². The molecule has 0 aliphatic carbocycles.